The van der Waals surface area contributed by atoms with Crippen molar-refractivity contribution in [3.05, 3.63) is 0 Å². The molecule has 0 saturated heterocycles. The lowest BCUT2D eigenvalue weighted by atomic mass is 10.1. The molecule has 1 rings (SSSR count). The first-order valence-corrected chi connectivity index (χ1v) is 6.06. The summed E-state index contributed by atoms with van der Waals surface area (Å²) >= 11 is 0. The van der Waals surface area contributed by atoms with Crippen LogP contribution in [-0.4, -0.2) is 28.9 Å². The Hall–Kier alpha value is -0.770. The average Bonchev–Trinajstić information content (AvgIpc) is 2.29. The number of nitrogens with one attached hydrogen (secondary N) is 1. The third-order valence-electron chi connectivity index (χ3n) is 2.68. The Kier molecular flexibility index (Phi) is 4.59. The molecule has 0 spiro atoms. The molecule has 1 aliphatic carbocycles. The number of ether oxygens (including phenoxy) is 1. The van der Waals surface area contributed by atoms with Crippen molar-refractivity contribution in [1.82, 2.24) is 5.32 Å². The Bertz CT molecular complexity index is 235. The number of alkyl carbamates (subject to hydrolysis) is 1. The maximum Gasteiger partial charge on any atom is 0.407 e. The van der Waals surface area contributed by atoms with E-state index in [4.69, 9.17) is 4.74 Å². The minimum absolute atomic E-state index is 0.155. The molecule has 0 aromatic carbocycles. The number of rotatable bonds is 1. The number of amides is 1. The van der Waals surface area contributed by atoms with Crippen LogP contribution in [0.1, 0.15) is 52.9 Å². The quantitative estimate of drug-likeness (QED) is 0.678. The molecule has 0 unspecified atom stereocenters. The standard InChI is InChI=1S/C12H23NO3/c1-12(2,3)16-11(15)13-9-7-5-4-6-8-10(9)14/h9-10,14H,4-8H2,1-3H3,(H,13,15)/t9-,10-/m0/s1. The van der Waals surface area contributed by atoms with Gasteiger partial charge in [0.05, 0.1) is 12.1 Å². The second kappa shape index (κ2) is 5.53. The van der Waals surface area contributed by atoms with Crippen molar-refractivity contribution in [2.45, 2.75) is 70.6 Å². The second-order valence-corrected chi connectivity index (χ2v) is 5.46. The van der Waals surface area contributed by atoms with Gasteiger partial charge in [0.2, 0.25) is 0 Å². The highest BCUT2D eigenvalue weighted by Crippen LogP contribution is 2.18. The van der Waals surface area contributed by atoms with E-state index in [1.807, 2.05) is 20.8 Å². The zero-order valence-corrected chi connectivity index (χ0v) is 10.5. The van der Waals surface area contributed by atoms with Gasteiger partial charge in [-0.05, 0) is 33.6 Å². The summed E-state index contributed by atoms with van der Waals surface area (Å²) in [5.41, 5.74) is -0.486. The first kappa shape index (κ1) is 13.3. The van der Waals surface area contributed by atoms with E-state index in [9.17, 15) is 9.90 Å². The monoisotopic (exact) mass is 229 g/mol. The molecular formula is C12H23NO3. The van der Waals surface area contributed by atoms with Crippen molar-refractivity contribution in [2.75, 3.05) is 0 Å². The predicted molar refractivity (Wildman–Crippen MR) is 62.2 cm³/mol. The molecule has 1 fully saturated rings. The fourth-order valence-corrected chi connectivity index (χ4v) is 1.92. The Balaban J connectivity index is 2.42. The topological polar surface area (TPSA) is 58.6 Å². The van der Waals surface area contributed by atoms with Gasteiger partial charge in [-0.2, -0.15) is 0 Å². The Morgan fingerprint density at radius 1 is 1.25 bits per heavy atom. The number of carbonyl (C=O) groups excluding carboxylic acids is 1. The molecule has 2 atom stereocenters. The van der Waals surface area contributed by atoms with Gasteiger partial charge in [-0.3, -0.25) is 0 Å². The van der Waals surface area contributed by atoms with Gasteiger partial charge in [0.15, 0.2) is 0 Å². The maximum atomic E-state index is 11.5. The fourth-order valence-electron chi connectivity index (χ4n) is 1.92. The van der Waals surface area contributed by atoms with Gasteiger partial charge in [-0.15, -0.1) is 0 Å². The first-order valence-electron chi connectivity index (χ1n) is 6.06. The highest BCUT2D eigenvalue weighted by molar-refractivity contribution is 5.68. The SMILES string of the molecule is CC(C)(C)OC(=O)N[C@H]1CCCCC[C@@H]1O. The molecule has 0 radical (unpaired) electrons. The molecule has 1 aliphatic rings. The minimum Gasteiger partial charge on any atom is -0.444 e. The van der Waals surface area contributed by atoms with Crippen LogP contribution in [0.5, 0.6) is 0 Å². The van der Waals surface area contributed by atoms with Gasteiger partial charge in [0, 0.05) is 0 Å². The van der Waals surface area contributed by atoms with Gasteiger partial charge >= 0.3 is 6.09 Å². The first-order chi connectivity index (χ1) is 7.38. The summed E-state index contributed by atoms with van der Waals surface area (Å²) in [5, 5.41) is 12.6. The molecule has 16 heavy (non-hydrogen) atoms. The molecule has 1 amide bonds. The number of carbonyl (C=O) groups is 1. The third kappa shape index (κ3) is 4.84. The molecule has 0 aliphatic heterocycles. The lowest BCUT2D eigenvalue weighted by molar-refractivity contribution is 0.0415. The summed E-state index contributed by atoms with van der Waals surface area (Å²) < 4.78 is 5.17. The largest absolute Gasteiger partial charge is 0.444 e. The summed E-state index contributed by atoms with van der Waals surface area (Å²) in [6.07, 6.45) is 3.95. The van der Waals surface area contributed by atoms with Gasteiger partial charge in [0.1, 0.15) is 5.60 Å². The lowest BCUT2D eigenvalue weighted by Crippen LogP contribution is -2.44. The van der Waals surface area contributed by atoms with Crippen LogP contribution in [0.2, 0.25) is 0 Å². The van der Waals surface area contributed by atoms with E-state index in [1.54, 1.807) is 0 Å². The summed E-state index contributed by atoms with van der Waals surface area (Å²) in [4.78, 5) is 11.5. The normalized spacial score (nSPS) is 27.0. The molecule has 94 valence electrons. The van der Waals surface area contributed by atoms with Gasteiger partial charge in [-0.1, -0.05) is 19.3 Å². The van der Waals surface area contributed by atoms with Crippen molar-refractivity contribution in [3.8, 4) is 0 Å². The molecule has 2 N–H and O–H groups in total. The van der Waals surface area contributed by atoms with Gasteiger partial charge in [0.25, 0.3) is 0 Å². The highest BCUT2D eigenvalue weighted by atomic mass is 16.6. The van der Waals surface area contributed by atoms with Crippen LogP contribution in [0.25, 0.3) is 0 Å². The molecule has 0 bridgehead atoms. The van der Waals surface area contributed by atoms with E-state index in [0.29, 0.717) is 0 Å². The highest BCUT2D eigenvalue weighted by Gasteiger charge is 2.25. The molecular weight excluding hydrogens is 206 g/mol. The molecule has 1 saturated carbocycles. The summed E-state index contributed by atoms with van der Waals surface area (Å²) in [6.45, 7) is 5.49. The summed E-state index contributed by atoms with van der Waals surface area (Å²) in [6, 6.07) is -0.155. The molecule has 4 nitrogen and oxygen atoms in total. The number of hydrogen-bond acceptors (Lipinski definition) is 3. The zero-order chi connectivity index (χ0) is 12.2. The van der Waals surface area contributed by atoms with Crippen molar-refractivity contribution >= 4 is 6.09 Å². The van der Waals surface area contributed by atoms with Gasteiger partial charge in [-0.25, -0.2) is 4.79 Å². The molecule has 0 aromatic heterocycles. The zero-order valence-electron chi connectivity index (χ0n) is 10.5. The van der Waals surface area contributed by atoms with E-state index >= 15 is 0 Å². The molecule has 0 heterocycles. The van der Waals surface area contributed by atoms with E-state index in [0.717, 1.165) is 32.1 Å². The fraction of sp³-hybridized carbons (Fsp3) is 0.917. The van der Waals surface area contributed by atoms with Crippen molar-refractivity contribution < 1.29 is 14.6 Å². The lowest BCUT2D eigenvalue weighted by Gasteiger charge is -2.25. The maximum absolute atomic E-state index is 11.5. The Labute approximate surface area is 97.4 Å². The van der Waals surface area contributed by atoms with Crippen molar-refractivity contribution in [3.63, 3.8) is 0 Å². The van der Waals surface area contributed by atoms with E-state index < -0.39 is 17.8 Å². The van der Waals surface area contributed by atoms with Crippen LogP contribution in [0, 0.1) is 0 Å². The Morgan fingerprint density at radius 2 is 1.88 bits per heavy atom. The smallest absolute Gasteiger partial charge is 0.407 e. The number of hydrogen-bond donors (Lipinski definition) is 2. The summed E-state index contributed by atoms with van der Waals surface area (Å²) in [5.74, 6) is 0. The number of aliphatic hydroxyl groups is 1. The van der Waals surface area contributed by atoms with E-state index in [2.05, 4.69) is 5.32 Å². The molecule has 4 heteroatoms. The Morgan fingerprint density at radius 3 is 2.50 bits per heavy atom. The third-order valence-corrected chi connectivity index (χ3v) is 2.68. The van der Waals surface area contributed by atoms with Crippen LogP contribution in [0.15, 0.2) is 0 Å². The second-order valence-electron chi connectivity index (χ2n) is 5.46. The van der Waals surface area contributed by atoms with Crippen LogP contribution in [-0.2, 0) is 4.74 Å². The van der Waals surface area contributed by atoms with Crippen molar-refractivity contribution in [1.29, 1.82) is 0 Å². The van der Waals surface area contributed by atoms with Crippen molar-refractivity contribution in [2.24, 2.45) is 0 Å². The summed E-state index contributed by atoms with van der Waals surface area (Å²) in [7, 11) is 0. The van der Waals surface area contributed by atoms with E-state index in [-0.39, 0.29) is 6.04 Å². The van der Waals surface area contributed by atoms with Crippen LogP contribution in [0.3, 0.4) is 0 Å². The van der Waals surface area contributed by atoms with Crippen LogP contribution < -0.4 is 5.32 Å². The van der Waals surface area contributed by atoms with Crippen LogP contribution in [0.4, 0.5) is 4.79 Å². The van der Waals surface area contributed by atoms with Gasteiger partial charge < -0.3 is 15.2 Å². The predicted octanol–water partition coefficient (Wildman–Crippen LogP) is 2.20. The molecule has 0 aromatic rings. The minimum atomic E-state index is -0.486. The van der Waals surface area contributed by atoms with E-state index in [1.165, 1.54) is 0 Å². The average molecular weight is 229 g/mol. The number of aliphatic hydroxyl groups excluding tert-OH is 1. The van der Waals surface area contributed by atoms with Crippen LogP contribution >= 0.6 is 0 Å².